The second kappa shape index (κ2) is 10.2. The van der Waals surface area contributed by atoms with Crippen LogP contribution in [0.15, 0.2) is 29.3 Å². The Morgan fingerprint density at radius 2 is 1.89 bits per heavy atom. The molecule has 0 radical (unpaired) electrons. The van der Waals surface area contributed by atoms with Crippen LogP contribution in [0.5, 0.6) is 5.75 Å². The van der Waals surface area contributed by atoms with Crippen molar-refractivity contribution in [2.75, 3.05) is 25.2 Å². The Bertz CT molecular complexity index is 930. The molecule has 0 unspecified atom stereocenters. The van der Waals surface area contributed by atoms with Crippen LogP contribution in [0.2, 0.25) is 0 Å². The van der Waals surface area contributed by atoms with Crippen LogP contribution in [0.1, 0.15) is 30.9 Å². The normalized spacial score (nSPS) is 10.0. The third-order valence-electron chi connectivity index (χ3n) is 3.88. The molecular weight excluding hydrogens is 376 g/mol. The summed E-state index contributed by atoms with van der Waals surface area (Å²) in [4.78, 5) is 15.6. The number of thioether (sulfide) groups is 1. The zero-order chi connectivity index (χ0) is 20.5. The number of hydrogen-bond donors (Lipinski definition) is 1. The minimum atomic E-state index is -0.450. The van der Waals surface area contributed by atoms with Crippen LogP contribution in [0.4, 0.5) is 5.82 Å². The Labute approximate surface area is 168 Å². The van der Waals surface area contributed by atoms with E-state index in [-0.39, 0.29) is 27.7 Å². The van der Waals surface area contributed by atoms with Gasteiger partial charge >= 0.3 is 5.97 Å². The van der Waals surface area contributed by atoms with E-state index in [9.17, 15) is 15.3 Å². The van der Waals surface area contributed by atoms with E-state index in [1.807, 2.05) is 6.07 Å². The molecule has 144 valence electrons. The van der Waals surface area contributed by atoms with Gasteiger partial charge in [0.05, 0.1) is 25.0 Å². The van der Waals surface area contributed by atoms with E-state index in [4.69, 9.17) is 10.5 Å². The van der Waals surface area contributed by atoms with Crippen LogP contribution >= 0.6 is 11.8 Å². The molecule has 0 spiro atoms. The molecule has 2 rings (SSSR count). The van der Waals surface area contributed by atoms with Crippen molar-refractivity contribution in [2.24, 2.45) is 0 Å². The maximum Gasteiger partial charge on any atom is 0.316 e. The second-order valence-corrected chi connectivity index (χ2v) is 6.71. The highest BCUT2D eigenvalue weighted by atomic mass is 32.2. The number of nitrogens with zero attached hydrogens (tertiary/aromatic N) is 3. The maximum absolute atomic E-state index is 11.4. The SMILES string of the molecule is CCCCOc1ccc(-c2c(C#N)c(N)nc(SCC(=O)OC)c2C#N)cc1. The molecule has 0 saturated heterocycles. The summed E-state index contributed by atoms with van der Waals surface area (Å²) in [5.74, 6) is 0.241. The number of methoxy groups -OCH3 is 1. The zero-order valence-electron chi connectivity index (χ0n) is 15.7. The number of benzene rings is 1. The van der Waals surface area contributed by atoms with E-state index < -0.39 is 5.97 Å². The van der Waals surface area contributed by atoms with Gasteiger partial charge in [0.25, 0.3) is 0 Å². The summed E-state index contributed by atoms with van der Waals surface area (Å²) in [6, 6.07) is 11.2. The molecule has 0 fully saturated rings. The molecule has 7 nitrogen and oxygen atoms in total. The van der Waals surface area contributed by atoms with E-state index in [2.05, 4.69) is 22.7 Å². The smallest absolute Gasteiger partial charge is 0.316 e. The summed E-state index contributed by atoms with van der Waals surface area (Å²) in [5.41, 5.74) is 7.30. The molecule has 0 bridgehead atoms. The number of pyridine rings is 1. The Morgan fingerprint density at radius 1 is 1.21 bits per heavy atom. The van der Waals surface area contributed by atoms with E-state index in [0.29, 0.717) is 23.5 Å². The number of esters is 1. The van der Waals surface area contributed by atoms with E-state index >= 15 is 0 Å². The molecule has 2 N–H and O–H groups in total. The predicted molar refractivity (Wildman–Crippen MR) is 107 cm³/mol. The average molecular weight is 396 g/mol. The third-order valence-corrected chi connectivity index (χ3v) is 4.83. The summed E-state index contributed by atoms with van der Waals surface area (Å²) < 4.78 is 10.3. The molecule has 0 aliphatic heterocycles. The first kappa shape index (κ1) is 21.1. The lowest BCUT2D eigenvalue weighted by Gasteiger charge is -2.13. The molecule has 0 amide bonds. The van der Waals surface area contributed by atoms with E-state index in [0.717, 1.165) is 24.6 Å². The van der Waals surface area contributed by atoms with Crippen LogP contribution in [0.25, 0.3) is 11.1 Å². The summed E-state index contributed by atoms with van der Waals surface area (Å²) in [6.45, 7) is 2.71. The molecule has 1 aromatic heterocycles. The number of nitrogens with two attached hydrogens (primary N) is 1. The molecule has 1 aromatic carbocycles. The number of anilines is 1. The highest BCUT2D eigenvalue weighted by Gasteiger charge is 2.21. The Balaban J connectivity index is 2.46. The van der Waals surface area contributed by atoms with Crippen molar-refractivity contribution >= 4 is 23.5 Å². The first-order valence-electron chi connectivity index (χ1n) is 8.62. The van der Waals surface area contributed by atoms with Crippen molar-refractivity contribution in [3.63, 3.8) is 0 Å². The minimum absolute atomic E-state index is 0.00661. The number of nitrogen functional groups attached to an aromatic ring is 1. The molecule has 1 heterocycles. The van der Waals surface area contributed by atoms with Crippen molar-refractivity contribution < 1.29 is 14.3 Å². The van der Waals surface area contributed by atoms with Crippen LogP contribution < -0.4 is 10.5 Å². The van der Waals surface area contributed by atoms with Crippen molar-refractivity contribution in [3.05, 3.63) is 35.4 Å². The van der Waals surface area contributed by atoms with Crippen LogP contribution in [0.3, 0.4) is 0 Å². The summed E-state index contributed by atoms with van der Waals surface area (Å²) >= 11 is 1.04. The lowest BCUT2D eigenvalue weighted by molar-refractivity contribution is -0.137. The van der Waals surface area contributed by atoms with Gasteiger partial charge in [-0.05, 0) is 24.1 Å². The lowest BCUT2D eigenvalue weighted by Crippen LogP contribution is -2.07. The van der Waals surface area contributed by atoms with Crippen LogP contribution in [0, 0.1) is 22.7 Å². The molecule has 0 aliphatic rings. The van der Waals surface area contributed by atoms with Gasteiger partial charge in [-0.3, -0.25) is 4.79 Å². The fourth-order valence-corrected chi connectivity index (χ4v) is 3.26. The standard InChI is InChI=1S/C20H20N4O3S/c1-3-4-9-27-14-7-5-13(6-8-14)18-15(10-21)19(23)24-20(16(18)11-22)28-12-17(25)26-2/h5-8H,3-4,9,12H2,1-2H3,(H2,23,24). The monoisotopic (exact) mass is 396 g/mol. The van der Waals surface area contributed by atoms with Gasteiger partial charge in [-0.1, -0.05) is 37.2 Å². The molecule has 28 heavy (non-hydrogen) atoms. The van der Waals surface area contributed by atoms with E-state index in [1.54, 1.807) is 24.3 Å². The number of rotatable bonds is 8. The number of carbonyl (C=O) groups excluding carboxylic acids is 1. The third kappa shape index (κ3) is 4.93. The number of aromatic nitrogens is 1. The number of nitriles is 2. The summed E-state index contributed by atoms with van der Waals surface area (Å²) in [5, 5.41) is 19.5. The van der Waals surface area contributed by atoms with Gasteiger partial charge in [0.15, 0.2) is 0 Å². The number of unbranched alkanes of at least 4 members (excludes halogenated alkanes) is 1. The van der Waals surface area contributed by atoms with Crippen molar-refractivity contribution in [2.45, 2.75) is 24.8 Å². The van der Waals surface area contributed by atoms with Crippen LogP contribution in [-0.2, 0) is 9.53 Å². The van der Waals surface area contributed by atoms with Crippen LogP contribution in [-0.4, -0.2) is 30.4 Å². The molecular formula is C20H20N4O3S. The fraction of sp³-hybridized carbons (Fsp3) is 0.300. The number of ether oxygens (including phenoxy) is 2. The Hall–Kier alpha value is -3.23. The van der Waals surface area contributed by atoms with Gasteiger partial charge < -0.3 is 15.2 Å². The Morgan fingerprint density at radius 3 is 2.46 bits per heavy atom. The van der Waals surface area contributed by atoms with Gasteiger partial charge in [0.1, 0.15) is 34.3 Å². The Kier molecular flexibility index (Phi) is 7.67. The second-order valence-electron chi connectivity index (χ2n) is 5.74. The highest BCUT2D eigenvalue weighted by Crippen LogP contribution is 2.36. The summed E-state index contributed by atoms with van der Waals surface area (Å²) in [6.07, 6.45) is 2.00. The fourth-order valence-electron chi connectivity index (χ4n) is 2.43. The quantitative estimate of drug-likeness (QED) is 0.408. The van der Waals surface area contributed by atoms with Gasteiger partial charge in [0.2, 0.25) is 0 Å². The molecule has 0 saturated carbocycles. The van der Waals surface area contributed by atoms with Gasteiger partial charge in [-0.15, -0.1) is 0 Å². The number of hydrogen-bond acceptors (Lipinski definition) is 8. The van der Waals surface area contributed by atoms with Crippen molar-refractivity contribution in [1.82, 2.24) is 4.98 Å². The van der Waals surface area contributed by atoms with Crippen molar-refractivity contribution in [3.8, 4) is 29.0 Å². The predicted octanol–water partition coefficient (Wildman–Crippen LogP) is 3.52. The zero-order valence-corrected chi connectivity index (χ0v) is 16.5. The van der Waals surface area contributed by atoms with Gasteiger partial charge in [-0.2, -0.15) is 10.5 Å². The topological polar surface area (TPSA) is 122 Å². The largest absolute Gasteiger partial charge is 0.494 e. The van der Waals surface area contributed by atoms with Gasteiger partial charge in [0, 0.05) is 5.56 Å². The maximum atomic E-state index is 11.4. The van der Waals surface area contributed by atoms with Crippen molar-refractivity contribution in [1.29, 1.82) is 10.5 Å². The average Bonchev–Trinajstić information content (AvgIpc) is 2.72. The molecule has 0 aliphatic carbocycles. The molecule has 8 heteroatoms. The minimum Gasteiger partial charge on any atom is -0.494 e. The van der Waals surface area contributed by atoms with E-state index in [1.165, 1.54) is 7.11 Å². The first-order chi connectivity index (χ1) is 13.5. The molecule has 0 atom stereocenters. The number of carbonyl (C=O) groups is 1. The van der Waals surface area contributed by atoms with Gasteiger partial charge in [-0.25, -0.2) is 4.98 Å². The molecule has 2 aromatic rings. The first-order valence-corrected chi connectivity index (χ1v) is 9.60. The lowest BCUT2D eigenvalue weighted by atomic mass is 9.97. The summed E-state index contributed by atoms with van der Waals surface area (Å²) in [7, 11) is 1.28. The highest BCUT2D eigenvalue weighted by molar-refractivity contribution is 7.99.